The summed E-state index contributed by atoms with van der Waals surface area (Å²) in [5.41, 5.74) is 6.19. The average Bonchev–Trinajstić information content (AvgIpc) is 3.00. The molecule has 144 valence electrons. The molecule has 0 fully saturated rings. The highest BCUT2D eigenvalue weighted by Crippen LogP contribution is 2.27. The van der Waals surface area contributed by atoms with Gasteiger partial charge >= 0.3 is 6.09 Å². The Labute approximate surface area is 164 Å². The normalized spacial score (nSPS) is 10.5. The van der Waals surface area contributed by atoms with E-state index in [1.807, 2.05) is 55.5 Å². The number of amides is 1. The van der Waals surface area contributed by atoms with Crippen LogP contribution >= 0.6 is 0 Å². The summed E-state index contributed by atoms with van der Waals surface area (Å²) in [4.78, 5) is 16.3. The first kappa shape index (κ1) is 19.3. The number of hydrogen-bond donors (Lipinski definition) is 1. The van der Waals surface area contributed by atoms with E-state index in [9.17, 15) is 4.79 Å². The standard InChI is InChI=1S/C22H23N3O3/c1-6-8-19-16(4)23-21-20(12-11-15(3)25(19)21)28-13-17-14(2)9-7-10-18(17)24-22(26)27-5/h1,7,9-12H,8,13H2,2-5H3,(H,24,26). The fourth-order valence-corrected chi connectivity index (χ4v) is 3.19. The number of carbonyl (C=O) groups is 1. The van der Waals surface area contributed by atoms with Crippen LogP contribution in [0.4, 0.5) is 10.5 Å². The molecule has 2 aromatic heterocycles. The number of rotatable bonds is 5. The second kappa shape index (κ2) is 8.05. The third kappa shape index (κ3) is 3.65. The molecule has 3 aromatic rings. The van der Waals surface area contributed by atoms with Crippen LogP contribution in [0.2, 0.25) is 0 Å². The lowest BCUT2D eigenvalue weighted by atomic mass is 10.1. The largest absolute Gasteiger partial charge is 0.485 e. The van der Waals surface area contributed by atoms with E-state index < -0.39 is 6.09 Å². The fraction of sp³-hybridized carbons (Fsp3) is 0.273. The van der Waals surface area contributed by atoms with Crippen molar-refractivity contribution >= 4 is 17.4 Å². The summed E-state index contributed by atoms with van der Waals surface area (Å²) >= 11 is 0. The summed E-state index contributed by atoms with van der Waals surface area (Å²) < 4.78 is 12.9. The van der Waals surface area contributed by atoms with Gasteiger partial charge in [-0.3, -0.25) is 9.72 Å². The number of carbonyl (C=O) groups excluding carboxylic acids is 1. The van der Waals surface area contributed by atoms with Crippen LogP contribution in [0.1, 0.15) is 28.2 Å². The van der Waals surface area contributed by atoms with E-state index in [0.717, 1.165) is 33.9 Å². The summed E-state index contributed by atoms with van der Waals surface area (Å²) in [6, 6.07) is 9.55. The molecule has 1 aromatic carbocycles. The number of fused-ring (bicyclic) bond motifs is 1. The molecule has 1 N–H and O–H groups in total. The van der Waals surface area contributed by atoms with Gasteiger partial charge in [-0.15, -0.1) is 12.3 Å². The van der Waals surface area contributed by atoms with Gasteiger partial charge in [0.1, 0.15) is 6.61 Å². The first-order chi connectivity index (χ1) is 13.5. The fourth-order valence-electron chi connectivity index (χ4n) is 3.19. The highest BCUT2D eigenvalue weighted by Gasteiger charge is 2.15. The minimum Gasteiger partial charge on any atom is -0.485 e. The van der Waals surface area contributed by atoms with Crippen molar-refractivity contribution in [3.05, 3.63) is 58.5 Å². The maximum atomic E-state index is 11.6. The predicted octanol–water partition coefficient (Wildman–Crippen LogP) is 4.19. The van der Waals surface area contributed by atoms with E-state index in [1.54, 1.807) is 0 Å². The number of anilines is 1. The topological polar surface area (TPSA) is 64.9 Å². The molecule has 0 aliphatic heterocycles. The first-order valence-corrected chi connectivity index (χ1v) is 8.93. The Kier molecular flexibility index (Phi) is 5.55. The summed E-state index contributed by atoms with van der Waals surface area (Å²) in [5, 5.41) is 2.73. The lowest BCUT2D eigenvalue weighted by Gasteiger charge is -2.15. The Morgan fingerprint density at radius 2 is 2.04 bits per heavy atom. The molecule has 0 spiro atoms. The number of nitrogens with zero attached hydrogens (tertiary/aromatic N) is 2. The minimum atomic E-state index is -0.521. The van der Waals surface area contributed by atoms with Gasteiger partial charge in [-0.1, -0.05) is 12.1 Å². The van der Waals surface area contributed by atoms with Crippen molar-refractivity contribution < 1.29 is 14.3 Å². The van der Waals surface area contributed by atoms with Crippen molar-refractivity contribution in [1.82, 2.24) is 9.38 Å². The molecular weight excluding hydrogens is 354 g/mol. The van der Waals surface area contributed by atoms with Crippen LogP contribution in [-0.4, -0.2) is 22.6 Å². The number of hydrogen-bond acceptors (Lipinski definition) is 4. The van der Waals surface area contributed by atoms with Gasteiger partial charge in [0, 0.05) is 11.3 Å². The highest BCUT2D eigenvalue weighted by molar-refractivity contribution is 5.85. The number of methoxy groups -OCH3 is 1. The second-order valence-electron chi connectivity index (χ2n) is 6.53. The van der Waals surface area contributed by atoms with Gasteiger partial charge < -0.3 is 9.47 Å². The quantitative estimate of drug-likeness (QED) is 0.677. The van der Waals surface area contributed by atoms with E-state index >= 15 is 0 Å². The number of aryl methyl sites for hydroxylation is 3. The summed E-state index contributed by atoms with van der Waals surface area (Å²) in [5.74, 6) is 3.35. The maximum absolute atomic E-state index is 11.6. The number of aromatic nitrogens is 2. The van der Waals surface area contributed by atoms with Gasteiger partial charge in [-0.05, 0) is 44.5 Å². The minimum absolute atomic E-state index is 0.279. The molecule has 0 atom stereocenters. The molecule has 6 heteroatoms. The Bertz CT molecular complexity index is 1080. The predicted molar refractivity (Wildman–Crippen MR) is 109 cm³/mol. The highest BCUT2D eigenvalue weighted by atomic mass is 16.5. The van der Waals surface area contributed by atoms with Gasteiger partial charge in [0.25, 0.3) is 0 Å². The smallest absolute Gasteiger partial charge is 0.411 e. The maximum Gasteiger partial charge on any atom is 0.411 e. The Morgan fingerprint density at radius 1 is 1.25 bits per heavy atom. The van der Waals surface area contributed by atoms with Gasteiger partial charge in [0.05, 0.1) is 30.6 Å². The lowest BCUT2D eigenvalue weighted by Crippen LogP contribution is -2.14. The molecule has 28 heavy (non-hydrogen) atoms. The zero-order valence-electron chi connectivity index (χ0n) is 16.5. The van der Waals surface area contributed by atoms with Crippen LogP contribution in [-0.2, 0) is 17.8 Å². The molecule has 0 radical (unpaired) electrons. The van der Waals surface area contributed by atoms with Crippen molar-refractivity contribution in [1.29, 1.82) is 0 Å². The summed E-state index contributed by atoms with van der Waals surface area (Å²) in [6.45, 7) is 6.21. The molecule has 0 unspecified atom stereocenters. The van der Waals surface area contributed by atoms with E-state index in [-0.39, 0.29) is 6.61 Å². The molecule has 0 aliphatic carbocycles. The number of ether oxygens (including phenoxy) is 2. The van der Waals surface area contributed by atoms with Crippen LogP contribution in [0.15, 0.2) is 30.3 Å². The number of nitrogens with one attached hydrogen (secondary N) is 1. The molecule has 3 rings (SSSR count). The van der Waals surface area contributed by atoms with Gasteiger partial charge in [-0.25, -0.2) is 9.78 Å². The molecule has 0 saturated carbocycles. The molecule has 0 bridgehead atoms. The van der Waals surface area contributed by atoms with E-state index in [0.29, 0.717) is 17.9 Å². The van der Waals surface area contributed by atoms with E-state index in [2.05, 4.69) is 16.2 Å². The lowest BCUT2D eigenvalue weighted by molar-refractivity contribution is 0.187. The zero-order chi connectivity index (χ0) is 20.3. The van der Waals surface area contributed by atoms with Crippen LogP contribution in [0, 0.1) is 33.1 Å². The van der Waals surface area contributed by atoms with Crippen LogP contribution in [0.5, 0.6) is 5.75 Å². The van der Waals surface area contributed by atoms with Crippen molar-refractivity contribution in [3.8, 4) is 18.1 Å². The van der Waals surface area contributed by atoms with Crippen molar-refractivity contribution in [2.45, 2.75) is 33.8 Å². The number of terminal acetylenes is 1. The van der Waals surface area contributed by atoms with Crippen molar-refractivity contribution in [2.24, 2.45) is 0 Å². The molecule has 0 aliphatic rings. The number of benzene rings is 1. The summed E-state index contributed by atoms with van der Waals surface area (Å²) in [7, 11) is 1.33. The van der Waals surface area contributed by atoms with Crippen LogP contribution < -0.4 is 10.1 Å². The van der Waals surface area contributed by atoms with Crippen molar-refractivity contribution in [3.63, 3.8) is 0 Å². The third-order valence-electron chi connectivity index (χ3n) is 4.70. The van der Waals surface area contributed by atoms with Gasteiger partial charge in [0.15, 0.2) is 11.4 Å². The van der Waals surface area contributed by atoms with Crippen molar-refractivity contribution in [2.75, 3.05) is 12.4 Å². The number of pyridine rings is 1. The summed E-state index contributed by atoms with van der Waals surface area (Å²) in [6.07, 6.45) is 5.50. The van der Waals surface area contributed by atoms with Crippen LogP contribution in [0.25, 0.3) is 5.65 Å². The van der Waals surface area contributed by atoms with E-state index in [1.165, 1.54) is 7.11 Å². The second-order valence-corrected chi connectivity index (χ2v) is 6.53. The van der Waals surface area contributed by atoms with E-state index in [4.69, 9.17) is 15.9 Å². The molecular formula is C22H23N3O3. The Morgan fingerprint density at radius 3 is 2.75 bits per heavy atom. The van der Waals surface area contributed by atoms with Crippen LogP contribution in [0.3, 0.4) is 0 Å². The molecule has 0 saturated heterocycles. The average molecular weight is 377 g/mol. The molecule has 2 heterocycles. The SMILES string of the molecule is C#CCc1c(C)nc2c(OCc3c(C)cccc3NC(=O)OC)ccc(C)n12. The number of imidazole rings is 1. The Balaban J connectivity index is 1.95. The Hall–Kier alpha value is -3.46. The zero-order valence-corrected chi connectivity index (χ0v) is 16.5. The van der Waals surface area contributed by atoms with Gasteiger partial charge in [-0.2, -0.15) is 0 Å². The monoisotopic (exact) mass is 377 g/mol. The molecule has 1 amide bonds. The third-order valence-corrected chi connectivity index (χ3v) is 4.70. The molecule has 6 nitrogen and oxygen atoms in total. The first-order valence-electron chi connectivity index (χ1n) is 8.93. The van der Waals surface area contributed by atoms with Gasteiger partial charge in [0.2, 0.25) is 0 Å².